The van der Waals surface area contributed by atoms with Gasteiger partial charge in [-0.3, -0.25) is 4.79 Å². The third kappa shape index (κ3) is 3.08. The lowest BCUT2D eigenvalue weighted by Crippen LogP contribution is -2.55. The summed E-state index contributed by atoms with van der Waals surface area (Å²) in [5, 5.41) is 6.80. The SMILES string of the molecule is CS(=O)(=O)C1(C(=O)Nc2cccc3[nH]ccc23)CCNCC1.Cl. The quantitative estimate of drug-likeness (QED) is 0.779. The molecule has 1 aromatic carbocycles. The predicted molar refractivity (Wildman–Crippen MR) is 93.9 cm³/mol. The summed E-state index contributed by atoms with van der Waals surface area (Å²) in [5.41, 5.74) is 1.53. The summed E-state index contributed by atoms with van der Waals surface area (Å²) in [6, 6.07) is 7.37. The largest absolute Gasteiger partial charge is 0.361 e. The van der Waals surface area contributed by atoms with Gasteiger partial charge in [-0.2, -0.15) is 0 Å². The maximum atomic E-state index is 12.8. The van der Waals surface area contributed by atoms with E-state index in [9.17, 15) is 13.2 Å². The van der Waals surface area contributed by atoms with Crippen LogP contribution in [0.15, 0.2) is 30.5 Å². The zero-order chi connectivity index (χ0) is 15.8. The van der Waals surface area contributed by atoms with Crippen molar-refractivity contribution in [1.82, 2.24) is 10.3 Å². The van der Waals surface area contributed by atoms with Crippen LogP contribution < -0.4 is 10.6 Å². The number of fused-ring (bicyclic) bond motifs is 1. The van der Waals surface area contributed by atoms with Gasteiger partial charge in [0.05, 0.1) is 5.69 Å². The number of aromatic amines is 1. The van der Waals surface area contributed by atoms with Gasteiger partial charge in [-0.15, -0.1) is 12.4 Å². The number of piperidine rings is 1. The van der Waals surface area contributed by atoms with Crippen molar-refractivity contribution in [3.8, 4) is 0 Å². The molecule has 2 aromatic rings. The first-order valence-corrected chi connectivity index (χ1v) is 9.11. The molecule has 2 heterocycles. The number of hydrogen-bond donors (Lipinski definition) is 3. The minimum Gasteiger partial charge on any atom is -0.361 e. The molecule has 3 rings (SSSR count). The van der Waals surface area contributed by atoms with Crippen LogP contribution >= 0.6 is 12.4 Å². The molecule has 1 aliphatic heterocycles. The van der Waals surface area contributed by atoms with Gasteiger partial charge in [0.25, 0.3) is 0 Å². The Morgan fingerprint density at radius 3 is 2.57 bits per heavy atom. The second-order valence-electron chi connectivity index (χ2n) is 5.72. The zero-order valence-electron chi connectivity index (χ0n) is 12.8. The van der Waals surface area contributed by atoms with Crippen LogP contribution in [0.5, 0.6) is 0 Å². The zero-order valence-corrected chi connectivity index (χ0v) is 14.4. The van der Waals surface area contributed by atoms with E-state index in [4.69, 9.17) is 0 Å². The van der Waals surface area contributed by atoms with Gasteiger partial charge in [0.15, 0.2) is 14.6 Å². The molecule has 0 unspecified atom stereocenters. The van der Waals surface area contributed by atoms with Gasteiger partial charge in [-0.05, 0) is 44.1 Å². The van der Waals surface area contributed by atoms with E-state index in [0.717, 1.165) is 17.2 Å². The van der Waals surface area contributed by atoms with Crippen LogP contribution in [0, 0.1) is 0 Å². The molecule has 0 spiro atoms. The number of rotatable bonds is 3. The molecule has 1 saturated heterocycles. The molecule has 6 nitrogen and oxygen atoms in total. The number of halogens is 1. The van der Waals surface area contributed by atoms with Crippen LogP contribution in [0.25, 0.3) is 10.9 Å². The van der Waals surface area contributed by atoms with E-state index >= 15 is 0 Å². The van der Waals surface area contributed by atoms with E-state index in [1.807, 2.05) is 18.2 Å². The van der Waals surface area contributed by atoms with Crippen molar-refractivity contribution in [2.24, 2.45) is 0 Å². The number of aromatic nitrogens is 1. The first kappa shape index (κ1) is 17.8. The molecule has 1 fully saturated rings. The summed E-state index contributed by atoms with van der Waals surface area (Å²) in [6.07, 6.45) is 3.52. The average Bonchev–Trinajstić information content (AvgIpc) is 2.96. The number of benzene rings is 1. The van der Waals surface area contributed by atoms with Gasteiger partial charge < -0.3 is 15.6 Å². The van der Waals surface area contributed by atoms with Crippen LogP contribution in [-0.4, -0.2) is 43.4 Å². The van der Waals surface area contributed by atoms with Crippen LogP contribution in [0.1, 0.15) is 12.8 Å². The molecular weight excluding hydrogens is 338 g/mol. The van der Waals surface area contributed by atoms with Crippen molar-refractivity contribution in [2.75, 3.05) is 24.7 Å². The topological polar surface area (TPSA) is 91.1 Å². The second-order valence-corrected chi connectivity index (χ2v) is 8.04. The fraction of sp³-hybridized carbons (Fsp3) is 0.400. The molecule has 0 atom stereocenters. The third-order valence-corrected chi connectivity index (χ3v) is 6.39. The lowest BCUT2D eigenvalue weighted by atomic mass is 9.95. The van der Waals surface area contributed by atoms with Crippen molar-refractivity contribution in [1.29, 1.82) is 0 Å². The summed E-state index contributed by atoms with van der Waals surface area (Å²) < 4.78 is 23.2. The van der Waals surface area contributed by atoms with E-state index in [1.54, 1.807) is 12.3 Å². The second kappa shape index (κ2) is 6.51. The Labute approximate surface area is 141 Å². The number of nitrogens with one attached hydrogen (secondary N) is 3. The van der Waals surface area contributed by atoms with Crippen LogP contribution in [0.2, 0.25) is 0 Å². The normalized spacial score (nSPS) is 17.4. The first-order chi connectivity index (χ1) is 10.4. The summed E-state index contributed by atoms with van der Waals surface area (Å²) in [6.45, 7) is 1.05. The highest BCUT2D eigenvalue weighted by molar-refractivity contribution is 7.92. The standard InChI is InChI=1S/C15H19N3O3S.ClH/c1-22(20,21)15(6-9-16-10-7-15)14(19)18-13-4-2-3-12-11(13)5-8-17-12;/h2-5,8,16-17H,6-7,9-10H2,1H3,(H,18,19);1H. The molecule has 126 valence electrons. The van der Waals surface area contributed by atoms with Gasteiger partial charge in [0.1, 0.15) is 0 Å². The Balaban J connectivity index is 0.00000192. The fourth-order valence-electron chi connectivity index (χ4n) is 3.03. The Bertz CT molecular complexity index is 810. The number of hydrogen-bond acceptors (Lipinski definition) is 4. The summed E-state index contributed by atoms with van der Waals surface area (Å²) >= 11 is 0. The molecule has 0 bridgehead atoms. The highest BCUT2D eigenvalue weighted by atomic mass is 35.5. The third-order valence-electron chi connectivity index (χ3n) is 4.38. The van der Waals surface area contributed by atoms with E-state index in [-0.39, 0.29) is 12.4 Å². The molecular formula is C15H20ClN3O3S. The highest BCUT2D eigenvalue weighted by Crippen LogP contribution is 2.31. The van der Waals surface area contributed by atoms with Crippen LogP contribution in [-0.2, 0) is 14.6 Å². The van der Waals surface area contributed by atoms with Crippen molar-refractivity contribution in [3.05, 3.63) is 30.5 Å². The number of sulfone groups is 1. The minimum absolute atomic E-state index is 0. The van der Waals surface area contributed by atoms with Gasteiger partial charge >= 0.3 is 0 Å². The summed E-state index contributed by atoms with van der Waals surface area (Å²) in [5.74, 6) is -0.440. The van der Waals surface area contributed by atoms with Crippen LogP contribution in [0.4, 0.5) is 5.69 Å². The molecule has 23 heavy (non-hydrogen) atoms. The van der Waals surface area contributed by atoms with Gasteiger partial charge in [0.2, 0.25) is 5.91 Å². The number of amides is 1. The average molecular weight is 358 g/mol. The van der Waals surface area contributed by atoms with E-state index in [2.05, 4.69) is 15.6 Å². The van der Waals surface area contributed by atoms with Crippen LogP contribution in [0.3, 0.4) is 0 Å². The molecule has 1 aliphatic rings. The number of carbonyl (C=O) groups excluding carboxylic acids is 1. The Morgan fingerprint density at radius 2 is 1.91 bits per heavy atom. The molecule has 3 N–H and O–H groups in total. The van der Waals surface area contributed by atoms with E-state index in [1.165, 1.54) is 0 Å². The minimum atomic E-state index is -3.51. The van der Waals surface area contributed by atoms with Crippen molar-refractivity contribution >= 4 is 44.7 Å². The molecule has 8 heteroatoms. The lowest BCUT2D eigenvalue weighted by molar-refractivity contribution is -0.119. The maximum Gasteiger partial charge on any atom is 0.245 e. The number of H-pyrrole nitrogens is 1. The Hall–Kier alpha value is -1.57. The summed E-state index contributed by atoms with van der Waals surface area (Å²) in [7, 11) is -3.51. The lowest BCUT2D eigenvalue weighted by Gasteiger charge is -2.34. The van der Waals surface area contributed by atoms with Gasteiger partial charge in [-0.25, -0.2) is 8.42 Å². The first-order valence-electron chi connectivity index (χ1n) is 7.22. The molecule has 0 saturated carbocycles. The molecule has 0 aliphatic carbocycles. The molecule has 1 aromatic heterocycles. The number of anilines is 1. The fourth-order valence-corrected chi connectivity index (χ4v) is 4.36. The predicted octanol–water partition coefficient (Wildman–Crippen LogP) is 1.69. The Kier molecular flexibility index (Phi) is 5.03. The molecule has 1 amide bonds. The van der Waals surface area contributed by atoms with Crippen molar-refractivity contribution in [2.45, 2.75) is 17.6 Å². The number of carbonyl (C=O) groups is 1. The van der Waals surface area contributed by atoms with Gasteiger partial charge in [0, 0.05) is 23.4 Å². The Morgan fingerprint density at radius 1 is 1.22 bits per heavy atom. The summed E-state index contributed by atoms with van der Waals surface area (Å²) in [4.78, 5) is 15.8. The van der Waals surface area contributed by atoms with Gasteiger partial charge in [-0.1, -0.05) is 6.07 Å². The molecule has 0 radical (unpaired) electrons. The van der Waals surface area contributed by atoms with Crippen molar-refractivity contribution < 1.29 is 13.2 Å². The van der Waals surface area contributed by atoms with Crippen molar-refractivity contribution in [3.63, 3.8) is 0 Å². The van der Waals surface area contributed by atoms with E-state index < -0.39 is 20.5 Å². The smallest absolute Gasteiger partial charge is 0.245 e. The highest BCUT2D eigenvalue weighted by Gasteiger charge is 2.48. The monoisotopic (exact) mass is 357 g/mol. The van der Waals surface area contributed by atoms with E-state index in [0.29, 0.717) is 31.6 Å². The maximum absolute atomic E-state index is 12.8.